The Morgan fingerprint density at radius 3 is 2.27 bits per heavy atom. The largest absolute Gasteiger partial charge is 0.508 e. The Hall–Kier alpha value is -1.76. The molecule has 76 valence electrons. The van der Waals surface area contributed by atoms with Crippen LogP contribution in [0.3, 0.4) is 0 Å². The van der Waals surface area contributed by atoms with Crippen LogP contribution in [0.1, 0.15) is 11.1 Å². The van der Waals surface area contributed by atoms with Crippen LogP contribution >= 0.6 is 0 Å². The van der Waals surface area contributed by atoms with Gasteiger partial charge in [-0.15, -0.1) is 0 Å². The van der Waals surface area contributed by atoms with Gasteiger partial charge in [-0.05, 0) is 42.7 Å². The van der Waals surface area contributed by atoms with E-state index in [4.69, 9.17) is 0 Å². The normalized spacial score (nSPS) is 10.3. The topological polar surface area (TPSA) is 20.2 Å². The van der Waals surface area contributed by atoms with Crippen LogP contribution in [-0.4, -0.2) is 5.11 Å². The van der Waals surface area contributed by atoms with Crippen molar-refractivity contribution in [3.8, 4) is 16.9 Å². The lowest BCUT2D eigenvalue weighted by atomic mass is 10.0. The van der Waals surface area contributed by atoms with Gasteiger partial charge < -0.3 is 5.11 Å². The van der Waals surface area contributed by atoms with Crippen molar-refractivity contribution in [2.75, 3.05) is 0 Å². The number of hydrogen-bond donors (Lipinski definition) is 1. The lowest BCUT2D eigenvalue weighted by molar-refractivity contribution is 0.471. The monoisotopic (exact) mass is 198 g/mol. The fourth-order valence-electron chi connectivity index (χ4n) is 1.66. The van der Waals surface area contributed by atoms with Gasteiger partial charge in [-0.1, -0.05) is 35.9 Å². The first-order valence-corrected chi connectivity index (χ1v) is 5.03. The Balaban J connectivity index is 2.50. The molecule has 0 aliphatic heterocycles. The first-order valence-electron chi connectivity index (χ1n) is 5.03. The number of aryl methyl sites for hydroxylation is 2. The van der Waals surface area contributed by atoms with Crippen molar-refractivity contribution in [1.29, 1.82) is 0 Å². The molecule has 0 radical (unpaired) electrons. The number of aromatic hydroxyl groups is 1. The summed E-state index contributed by atoms with van der Waals surface area (Å²) in [7, 11) is 0. The van der Waals surface area contributed by atoms with Crippen molar-refractivity contribution in [2.24, 2.45) is 0 Å². The predicted molar refractivity (Wildman–Crippen MR) is 63.0 cm³/mol. The van der Waals surface area contributed by atoms with Crippen LogP contribution < -0.4 is 0 Å². The Labute approximate surface area is 90.0 Å². The maximum atomic E-state index is 9.45. The molecule has 0 aromatic heterocycles. The Kier molecular flexibility index (Phi) is 2.46. The van der Waals surface area contributed by atoms with E-state index in [1.54, 1.807) is 6.07 Å². The van der Waals surface area contributed by atoms with Crippen molar-refractivity contribution in [3.63, 3.8) is 0 Å². The third-order valence-corrected chi connectivity index (χ3v) is 2.55. The van der Waals surface area contributed by atoms with Crippen LogP contribution in [0.4, 0.5) is 0 Å². The Morgan fingerprint density at radius 2 is 1.60 bits per heavy atom. The highest BCUT2D eigenvalue weighted by Gasteiger charge is 2.00. The Bertz CT molecular complexity index is 486. The van der Waals surface area contributed by atoms with Crippen LogP contribution in [0.15, 0.2) is 42.5 Å². The summed E-state index contributed by atoms with van der Waals surface area (Å²) < 4.78 is 0. The van der Waals surface area contributed by atoms with Gasteiger partial charge in [0.25, 0.3) is 0 Å². The van der Waals surface area contributed by atoms with Crippen LogP contribution in [0.25, 0.3) is 11.1 Å². The number of benzene rings is 2. The van der Waals surface area contributed by atoms with Gasteiger partial charge in [0, 0.05) is 0 Å². The minimum atomic E-state index is 0.353. The summed E-state index contributed by atoms with van der Waals surface area (Å²) in [6.45, 7) is 3.99. The van der Waals surface area contributed by atoms with Gasteiger partial charge in [0.2, 0.25) is 0 Å². The molecule has 1 N–H and O–H groups in total. The molecular weight excluding hydrogens is 184 g/mol. The smallest absolute Gasteiger partial charge is 0.118 e. The van der Waals surface area contributed by atoms with Crippen molar-refractivity contribution in [2.45, 2.75) is 13.8 Å². The van der Waals surface area contributed by atoms with Crippen LogP contribution in [0, 0.1) is 13.8 Å². The molecule has 1 heteroatoms. The number of rotatable bonds is 1. The van der Waals surface area contributed by atoms with Crippen molar-refractivity contribution < 1.29 is 5.11 Å². The summed E-state index contributed by atoms with van der Waals surface area (Å²) in [4.78, 5) is 0. The molecule has 0 bridgehead atoms. The maximum Gasteiger partial charge on any atom is 0.118 e. The van der Waals surface area contributed by atoms with Gasteiger partial charge in [0.15, 0.2) is 0 Å². The first-order chi connectivity index (χ1) is 7.16. The van der Waals surface area contributed by atoms with E-state index in [0.29, 0.717) is 5.75 Å². The number of phenols is 1. The summed E-state index contributed by atoms with van der Waals surface area (Å²) in [5, 5.41) is 9.45. The van der Waals surface area contributed by atoms with Crippen molar-refractivity contribution in [1.82, 2.24) is 0 Å². The molecule has 0 fully saturated rings. The molecule has 0 atom stereocenters. The predicted octanol–water partition coefficient (Wildman–Crippen LogP) is 3.68. The molecule has 2 aromatic rings. The maximum absolute atomic E-state index is 9.45. The summed E-state index contributed by atoms with van der Waals surface area (Å²) in [6, 6.07) is 14.0. The van der Waals surface area contributed by atoms with E-state index < -0.39 is 0 Å². The SMILES string of the molecule is Cc1cccc(-c2ccc(O)c(C)c2)c1. The summed E-state index contributed by atoms with van der Waals surface area (Å²) in [5.41, 5.74) is 4.50. The van der Waals surface area contributed by atoms with Gasteiger partial charge in [-0.2, -0.15) is 0 Å². The van der Waals surface area contributed by atoms with Crippen LogP contribution in [-0.2, 0) is 0 Å². The summed E-state index contributed by atoms with van der Waals surface area (Å²) in [5.74, 6) is 0.353. The molecule has 0 amide bonds. The molecule has 0 saturated heterocycles. The molecule has 0 heterocycles. The lowest BCUT2D eigenvalue weighted by Gasteiger charge is -2.05. The summed E-state index contributed by atoms with van der Waals surface area (Å²) in [6.07, 6.45) is 0. The fourth-order valence-corrected chi connectivity index (χ4v) is 1.66. The molecule has 0 spiro atoms. The van der Waals surface area contributed by atoms with Gasteiger partial charge >= 0.3 is 0 Å². The number of hydrogen-bond acceptors (Lipinski definition) is 1. The average molecular weight is 198 g/mol. The molecule has 0 aliphatic carbocycles. The van der Waals surface area contributed by atoms with E-state index in [2.05, 4.69) is 25.1 Å². The highest BCUT2D eigenvalue weighted by atomic mass is 16.3. The second-order valence-corrected chi connectivity index (χ2v) is 3.87. The molecule has 15 heavy (non-hydrogen) atoms. The van der Waals surface area contributed by atoms with E-state index >= 15 is 0 Å². The molecule has 0 saturated carbocycles. The number of phenolic OH excluding ortho intramolecular Hbond substituents is 1. The third kappa shape index (κ3) is 2.01. The van der Waals surface area contributed by atoms with Gasteiger partial charge in [-0.25, -0.2) is 0 Å². The van der Waals surface area contributed by atoms with E-state index in [1.165, 1.54) is 11.1 Å². The van der Waals surface area contributed by atoms with E-state index in [1.807, 2.05) is 25.1 Å². The van der Waals surface area contributed by atoms with Gasteiger partial charge in [0.05, 0.1) is 0 Å². The highest BCUT2D eigenvalue weighted by Crippen LogP contribution is 2.25. The minimum absolute atomic E-state index is 0.353. The molecular formula is C14H14O. The van der Waals surface area contributed by atoms with Crippen LogP contribution in [0.5, 0.6) is 5.75 Å². The van der Waals surface area contributed by atoms with Crippen molar-refractivity contribution >= 4 is 0 Å². The zero-order chi connectivity index (χ0) is 10.8. The molecule has 0 aliphatic rings. The highest BCUT2D eigenvalue weighted by molar-refractivity contribution is 5.66. The van der Waals surface area contributed by atoms with E-state index in [9.17, 15) is 5.11 Å². The zero-order valence-electron chi connectivity index (χ0n) is 8.99. The molecule has 1 nitrogen and oxygen atoms in total. The molecule has 2 rings (SSSR count). The lowest BCUT2D eigenvalue weighted by Crippen LogP contribution is -1.81. The van der Waals surface area contributed by atoms with Gasteiger partial charge in [-0.3, -0.25) is 0 Å². The first kappa shape index (κ1) is 9.78. The minimum Gasteiger partial charge on any atom is -0.508 e. The fraction of sp³-hybridized carbons (Fsp3) is 0.143. The quantitative estimate of drug-likeness (QED) is 0.741. The zero-order valence-corrected chi connectivity index (χ0v) is 8.99. The van der Waals surface area contributed by atoms with Gasteiger partial charge in [0.1, 0.15) is 5.75 Å². The average Bonchev–Trinajstić information content (AvgIpc) is 2.22. The standard InChI is InChI=1S/C14H14O/c1-10-4-3-5-12(8-10)13-6-7-14(15)11(2)9-13/h3-9,15H,1-2H3. The van der Waals surface area contributed by atoms with E-state index in [-0.39, 0.29) is 0 Å². The second kappa shape index (κ2) is 3.77. The Morgan fingerprint density at radius 1 is 0.867 bits per heavy atom. The van der Waals surface area contributed by atoms with E-state index in [0.717, 1.165) is 11.1 Å². The second-order valence-electron chi connectivity index (χ2n) is 3.87. The van der Waals surface area contributed by atoms with Crippen molar-refractivity contribution in [3.05, 3.63) is 53.6 Å². The third-order valence-electron chi connectivity index (χ3n) is 2.55. The van der Waals surface area contributed by atoms with Crippen LogP contribution in [0.2, 0.25) is 0 Å². The molecule has 2 aromatic carbocycles. The summed E-state index contributed by atoms with van der Waals surface area (Å²) >= 11 is 0. The molecule has 0 unspecified atom stereocenters.